The SMILES string of the molecule is CSN=CC1CC1C. The van der Waals surface area contributed by atoms with Gasteiger partial charge in [-0.15, -0.1) is 0 Å². The second-order valence-electron chi connectivity index (χ2n) is 2.31. The molecule has 0 saturated heterocycles. The van der Waals surface area contributed by atoms with Gasteiger partial charge in [0.15, 0.2) is 0 Å². The maximum absolute atomic E-state index is 4.08. The van der Waals surface area contributed by atoms with Crippen molar-refractivity contribution < 1.29 is 0 Å². The Labute approximate surface area is 54.7 Å². The van der Waals surface area contributed by atoms with E-state index in [-0.39, 0.29) is 0 Å². The Kier molecular flexibility index (Phi) is 1.95. The summed E-state index contributed by atoms with van der Waals surface area (Å²) in [6.07, 6.45) is 5.41. The van der Waals surface area contributed by atoms with Gasteiger partial charge in [-0.2, -0.15) is 0 Å². The molecule has 0 aromatic carbocycles. The fraction of sp³-hybridized carbons (Fsp3) is 0.833. The van der Waals surface area contributed by atoms with E-state index in [1.807, 2.05) is 6.26 Å². The minimum Gasteiger partial charge on any atom is -0.229 e. The van der Waals surface area contributed by atoms with Gasteiger partial charge in [-0.05, 0) is 30.2 Å². The summed E-state index contributed by atoms with van der Waals surface area (Å²) in [5.74, 6) is 1.72. The highest BCUT2D eigenvalue weighted by molar-refractivity contribution is 7.97. The van der Waals surface area contributed by atoms with Crippen molar-refractivity contribution in [2.45, 2.75) is 13.3 Å². The summed E-state index contributed by atoms with van der Waals surface area (Å²) >= 11 is 1.54. The van der Waals surface area contributed by atoms with Crippen molar-refractivity contribution in [3.05, 3.63) is 0 Å². The highest BCUT2D eigenvalue weighted by Crippen LogP contribution is 2.35. The van der Waals surface area contributed by atoms with Crippen molar-refractivity contribution in [1.29, 1.82) is 0 Å². The molecule has 0 radical (unpaired) electrons. The van der Waals surface area contributed by atoms with Crippen molar-refractivity contribution in [3.8, 4) is 0 Å². The molecule has 1 saturated carbocycles. The summed E-state index contributed by atoms with van der Waals surface area (Å²) in [7, 11) is 0. The van der Waals surface area contributed by atoms with Gasteiger partial charge in [0.25, 0.3) is 0 Å². The van der Waals surface area contributed by atoms with E-state index in [1.165, 1.54) is 6.42 Å². The molecule has 46 valence electrons. The summed E-state index contributed by atoms with van der Waals surface area (Å²) in [5, 5.41) is 0. The lowest BCUT2D eigenvalue weighted by atomic mass is 10.4. The van der Waals surface area contributed by atoms with E-state index >= 15 is 0 Å². The van der Waals surface area contributed by atoms with Crippen LogP contribution in [0.4, 0.5) is 0 Å². The van der Waals surface area contributed by atoms with Gasteiger partial charge in [-0.1, -0.05) is 6.92 Å². The Morgan fingerprint density at radius 2 is 2.38 bits per heavy atom. The van der Waals surface area contributed by atoms with Crippen LogP contribution in [0.25, 0.3) is 0 Å². The Morgan fingerprint density at radius 1 is 1.75 bits per heavy atom. The molecule has 2 heteroatoms. The van der Waals surface area contributed by atoms with E-state index in [4.69, 9.17) is 0 Å². The first-order chi connectivity index (χ1) is 3.84. The number of rotatable bonds is 2. The highest BCUT2D eigenvalue weighted by Gasteiger charge is 2.30. The zero-order chi connectivity index (χ0) is 5.98. The average Bonchev–Trinajstić information content (AvgIpc) is 2.42. The lowest BCUT2D eigenvalue weighted by Crippen LogP contribution is -1.75. The highest BCUT2D eigenvalue weighted by atomic mass is 32.2. The van der Waals surface area contributed by atoms with Gasteiger partial charge in [-0.25, -0.2) is 4.40 Å². The summed E-state index contributed by atoms with van der Waals surface area (Å²) in [4.78, 5) is 0. The molecule has 0 aliphatic heterocycles. The minimum absolute atomic E-state index is 0.808. The molecule has 0 bridgehead atoms. The van der Waals surface area contributed by atoms with Crippen LogP contribution < -0.4 is 0 Å². The van der Waals surface area contributed by atoms with E-state index in [0.717, 1.165) is 11.8 Å². The lowest BCUT2D eigenvalue weighted by Gasteiger charge is -1.78. The molecular weight excluding hydrogens is 118 g/mol. The van der Waals surface area contributed by atoms with Crippen molar-refractivity contribution in [1.82, 2.24) is 0 Å². The first kappa shape index (κ1) is 6.14. The minimum atomic E-state index is 0.808. The normalized spacial score (nSPS) is 36.2. The fourth-order valence-corrected chi connectivity index (χ4v) is 0.976. The summed E-state index contributed by atoms with van der Waals surface area (Å²) < 4.78 is 4.08. The van der Waals surface area contributed by atoms with E-state index in [2.05, 4.69) is 17.5 Å². The quantitative estimate of drug-likeness (QED) is 0.410. The Bertz CT molecular complexity index is 101. The topological polar surface area (TPSA) is 12.4 Å². The lowest BCUT2D eigenvalue weighted by molar-refractivity contribution is 0.936. The van der Waals surface area contributed by atoms with Crippen LogP contribution in [0.2, 0.25) is 0 Å². The summed E-state index contributed by atoms with van der Waals surface area (Å²) in [5.41, 5.74) is 0. The van der Waals surface area contributed by atoms with Crippen LogP contribution in [0.1, 0.15) is 13.3 Å². The van der Waals surface area contributed by atoms with Crippen molar-refractivity contribution in [2.24, 2.45) is 16.2 Å². The standard InChI is InChI=1S/C6H11NS/c1-5-3-6(5)4-7-8-2/h4-6H,3H2,1-2H3. The fourth-order valence-electron chi connectivity index (χ4n) is 0.698. The second-order valence-corrected chi connectivity index (χ2v) is 2.89. The van der Waals surface area contributed by atoms with E-state index < -0.39 is 0 Å². The molecule has 0 amide bonds. The van der Waals surface area contributed by atoms with Gasteiger partial charge in [0.05, 0.1) is 0 Å². The van der Waals surface area contributed by atoms with E-state index in [0.29, 0.717) is 0 Å². The molecule has 1 aliphatic rings. The molecule has 0 aromatic rings. The molecule has 1 aliphatic carbocycles. The number of hydrogen-bond donors (Lipinski definition) is 0. The van der Waals surface area contributed by atoms with Crippen LogP contribution in [0.3, 0.4) is 0 Å². The Hall–Kier alpha value is 0.0200. The summed E-state index contributed by atoms with van der Waals surface area (Å²) in [6.45, 7) is 2.26. The molecule has 8 heavy (non-hydrogen) atoms. The molecule has 2 atom stereocenters. The van der Waals surface area contributed by atoms with Gasteiger partial charge in [0.2, 0.25) is 0 Å². The zero-order valence-corrected chi connectivity index (χ0v) is 6.11. The van der Waals surface area contributed by atoms with Gasteiger partial charge in [-0.3, -0.25) is 0 Å². The first-order valence-electron chi connectivity index (χ1n) is 2.91. The first-order valence-corrected chi connectivity index (χ1v) is 4.09. The second kappa shape index (κ2) is 2.53. The average molecular weight is 129 g/mol. The molecule has 0 heterocycles. The molecule has 1 rings (SSSR count). The molecule has 1 fully saturated rings. The molecule has 2 unspecified atom stereocenters. The Balaban J connectivity index is 2.12. The van der Waals surface area contributed by atoms with Gasteiger partial charge in [0, 0.05) is 12.5 Å². The third-order valence-corrected chi connectivity index (χ3v) is 1.86. The third-order valence-electron chi connectivity index (χ3n) is 1.53. The largest absolute Gasteiger partial charge is 0.229 e. The van der Waals surface area contributed by atoms with E-state index in [1.54, 1.807) is 11.9 Å². The van der Waals surface area contributed by atoms with Gasteiger partial charge in [0.1, 0.15) is 0 Å². The molecule has 0 spiro atoms. The molecule has 1 nitrogen and oxygen atoms in total. The zero-order valence-electron chi connectivity index (χ0n) is 5.29. The maximum atomic E-state index is 4.08. The smallest absolute Gasteiger partial charge is 0.0159 e. The van der Waals surface area contributed by atoms with Crippen LogP contribution in [0, 0.1) is 11.8 Å². The van der Waals surface area contributed by atoms with Crippen molar-refractivity contribution in [3.63, 3.8) is 0 Å². The van der Waals surface area contributed by atoms with Crippen LogP contribution in [-0.4, -0.2) is 12.5 Å². The molecular formula is C6H11NS. The maximum Gasteiger partial charge on any atom is 0.0159 e. The monoisotopic (exact) mass is 129 g/mol. The summed E-state index contributed by atoms with van der Waals surface area (Å²) in [6, 6.07) is 0. The van der Waals surface area contributed by atoms with Crippen molar-refractivity contribution in [2.75, 3.05) is 6.26 Å². The Morgan fingerprint density at radius 3 is 2.75 bits per heavy atom. The van der Waals surface area contributed by atoms with Crippen molar-refractivity contribution >= 4 is 18.2 Å². The molecule has 0 aromatic heterocycles. The third kappa shape index (κ3) is 1.51. The molecule has 0 N–H and O–H groups in total. The predicted molar refractivity (Wildman–Crippen MR) is 39.3 cm³/mol. The van der Waals surface area contributed by atoms with Crippen LogP contribution >= 0.6 is 11.9 Å². The predicted octanol–water partition coefficient (Wildman–Crippen LogP) is 1.99. The van der Waals surface area contributed by atoms with Crippen LogP contribution in [-0.2, 0) is 0 Å². The number of hydrogen-bond acceptors (Lipinski definition) is 2. The van der Waals surface area contributed by atoms with Crippen LogP contribution in [0.5, 0.6) is 0 Å². The number of nitrogens with zero attached hydrogens (tertiary/aromatic N) is 1. The van der Waals surface area contributed by atoms with Gasteiger partial charge >= 0.3 is 0 Å². The van der Waals surface area contributed by atoms with Crippen LogP contribution in [0.15, 0.2) is 4.40 Å². The van der Waals surface area contributed by atoms with E-state index in [9.17, 15) is 0 Å². The van der Waals surface area contributed by atoms with Gasteiger partial charge < -0.3 is 0 Å².